The third-order valence-corrected chi connectivity index (χ3v) is 5.47. The van der Waals surface area contributed by atoms with Gasteiger partial charge in [0, 0.05) is 5.56 Å². The molecule has 0 aliphatic carbocycles. The molecule has 0 bridgehead atoms. The number of nitrogens with zero attached hydrogens (tertiary/aromatic N) is 1. The standard InChI is InChI=1S/C22H16N2O5S/c25-22(21-10-5-13-28-21)24-23-15-18-8-3-4-9-20(18)29-30(26,27)19-12-11-16-6-1-2-7-17(16)14-19/h1-15H,(H,24,25)/b23-15-. The van der Waals surface area contributed by atoms with Crippen LogP contribution in [-0.2, 0) is 10.1 Å². The van der Waals surface area contributed by atoms with E-state index in [9.17, 15) is 13.2 Å². The second-order valence-corrected chi connectivity index (χ2v) is 7.81. The summed E-state index contributed by atoms with van der Waals surface area (Å²) in [6.45, 7) is 0. The average molecular weight is 420 g/mol. The lowest BCUT2D eigenvalue weighted by atomic mass is 10.1. The summed E-state index contributed by atoms with van der Waals surface area (Å²) in [5, 5.41) is 5.56. The fourth-order valence-corrected chi connectivity index (χ4v) is 3.77. The Morgan fingerprint density at radius 3 is 2.50 bits per heavy atom. The first-order valence-corrected chi connectivity index (χ1v) is 10.3. The van der Waals surface area contributed by atoms with Crippen LogP contribution < -0.4 is 9.61 Å². The van der Waals surface area contributed by atoms with E-state index in [0.29, 0.717) is 5.56 Å². The molecule has 0 saturated heterocycles. The van der Waals surface area contributed by atoms with E-state index in [1.807, 2.05) is 24.3 Å². The summed E-state index contributed by atoms with van der Waals surface area (Å²) < 4.78 is 35.9. The predicted molar refractivity (Wildman–Crippen MR) is 112 cm³/mol. The molecule has 1 aromatic heterocycles. The zero-order chi connectivity index (χ0) is 21.0. The van der Waals surface area contributed by atoms with E-state index in [4.69, 9.17) is 8.60 Å². The molecule has 0 spiro atoms. The zero-order valence-electron chi connectivity index (χ0n) is 15.6. The Hall–Kier alpha value is -3.91. The lowest BCUT2D eigenvalue weighted by molar-refractivity contribution is 0.0927. The third-order valence-electron chi connectivity index (χ3n) is 4.24. The van der Waals surface area contributed by atoms with Gasteiger partial charge in [0.05, 0.1) is 12.5 Å². The van der Waals surface area contributed by atoms with Crippen LogP contribution >= 0.6 is 0 Å². The molecule has 4 rings (SSSR count). The number of hydrazone groups is 1. The van der Waals surface area contributed by atoms with Crippen LogP contribution in [0.1, 0.15) is 16.1 Å². The summed E-state index contributed by atoms with van der Waals surface area (Å²) in [7, 11) is -4.07. The molecule has 3 aromatic carbocycles. The van der Waals surface area contributed by atoms with E-state index in [1.54, 1.807) is 36.4 Å². The van der Waals surface area contributed by atoms with Gasteiger partial charge in [-0.1, -0.05) is 42.5 Å². The van der Waals surface area contributed by atoms with Gasteiger partial charge in [-0.2, -0.15) is 13.5 Å². The number of carbonyl (C=O) groups is 1. The number of rotatable bonds is 6. The Morgan fingerprint density at radius 1 is 0.933 bits per heavy atom. The molecule has 8 heteroatoms. The van der Waals surface area contributed by atoms with Crippen molar-refractivity contribution in [2.75, 3.05) is 0 Å². The number of furan rings is 1. The Morgan fingerprint density at radius 2 is 1.70 bits per heavy atom. The average Bonchev–Trinajstić information content (AvgIpc) is 3.29. The van der Waals surface area contributed by atoms with Crippen LogP contribution in [-0.4, -0.2) is 20.5 Å². The molecule has 7 nitrogen and oxygen atoms in total. The smallest absolute Gasteiger partial charge is 0.339 e. The van der Waals surface area contributed by atoms with Crippen molar-refractivity contribution in [3.8, 4) is 5.75 Å². The highest BCUT2D eigenvalue weighted by atomic mass is 32.2. The molecule has 1 N–H and O–H groups in total. The van der Waals surface area contributed by atoms with E-state index in [1.165, 1.54) is 30.7 Å². The number of amides is 1. The number of fused-ring (bicyclic) bond motifs is 1. The maximum atomic E-state index is 12.8. The SMILES string of the molecule is O=C(N/N=C\c1ccccc1OS(=O)(=O)c1ccc2ccccc2c1)c1ccco1. The molecule has 150 valence electrons. The van der Waals surface area contributed by atoms with Crippen molar-refractivity contribution in [1.82, 2.24) is 5.43 Å². The van der Waals surface area contributed by atoms with Crippen LogP contribution in [0.5, 0.6) is 5.75 Å². The summed E-state index contributed by atoms with van der Waals surface area (Å²) in [5.74, 6) is -0.337. The van der Waals surface area contributed by atoms with Gasteiger partial charge in [0.15, 0.2) is 11.5 Å². The molecule has 0 unspecified atom stereocenters. The minimum absolute atomic E-state index is 0.0408. The molecule has 0 radical (unpaired) electrons. The second-order valence-electron chi connectivity index (χ2n) is 6.26. The van der Waals surface area contributed by atoms with Gasteiger partial charge in [0.1, 0.15) is 4.90 Å². The summed E-state index contributed by atoms with van der Waals surface area (Å²) in [5.41, 5.74) is 2.68. The Kier molecular flexibility index (Phi) is 5.32. The van der Waals surface area contributed by atoms with Gasteiger partial charge in [-0.15, -0.1) is 0 Å². The molecule has 0 fully saturated rings. The van der Waals surface area contributed by atoms with Gasteiger partial charge in [-0.25, -0.2) is 5.43 Å². The summed E-state index contributed by atoms with van der Waals surface area (Å²) in [4.78, 5) is 11.9. The van der Waals surface area contributed by atoms with Crippen molar-refractivity contribution in [1.29, 1.82) is 0 Å². The van der Waals surface area contributed by atoms with Crippen LogP contribution in [0.15, 0.2) is 99.5 Å². The number of benzene rings is 3. The van der Waals surface area contributed by atoms with Gasteiger partial charge < -0.3 is 8.60 Å². The molecule has 30 heavy (non-hydrogen) atoms. The molecule has 0 saturated carbocycles. The number of nitrogens with one attached hydrogen (secondary N) is 1. The lowest BCUT2D eigenvalue weighted by Crippen LogP contribution is -2.17. The quantitative estimate of drug-likeness (QED) is 0.289. The fourth-order valence-electron chi connectivity index (χ4n) is 2.78. The van der Waals surface area contributed by atoms with Crippen molar-refractivity contribution in [2.45, 2.75) is 4.90 Å². The Labute approximate surface area is 172 Å². The minimum atomic E-state index is -4.07. The highest BCUT2D eigenvalue weighted by Gasteiger charge is 2.18. The van der Waals surface area contributed by atoms with Gasteiger partial charge in [-0.3, -0.25) is 4.79 Å². The molecule has 1 heterocycles. The largest absolute Gasteiger partial charge is 0.459 e. The van der Waals surface area contributed by atoms with Gasteiger partial charge in [-0.05, 0) is 47.2 Å². The predicted octanol–water partition coefficient (Wildman–Crippen LogP) is 3.96. The van der Waals surface area contributed by atoms with Crippen LogP contribution in [0, 0.1) is 0 Å². The lowest BCUT2D eigenvalue weighted by Gasteiger charge is -2.10. The number of carbonyl (C=O) groups excluding carboxylic acids is 1. The Balaban J connectivity index is 1.55. The van der Waals surface area contributed by atoms with E-state index >= 15 is 0 Å². The van der Waals surface area contributed by atoms with Crippen LogP contribution in [0.2, 0.25) is 0 Å². The highest BCUT2D eigenvalue weighted by molar-refractivity contribution is 7.87. The maximum absolute atomic E-state index is 12.8. The number of para-hydroxylation sites is 1. The topological polar surface area (TPSA) is 98.0 Å². The van der Waals surface area contributed by atoms with Crippen LogP contribution in [0.3, 0.4) is 0 Å². The van der Waals surface area contributed by atoms with E-state index in [2.05, 4.69) is 10.5 Å². The Bertz CT molecular complexity index is 1330. The zero-order valence-corrected chi connectivity index (χ0v) is 16.4. The molecule has 0 aliphatic rings. The van der Waals surface area contributed by atoms with Crippen molar-refractivity contribution in [3.63, 3.8) is 0 Å². The molecule has 0 aliphatic heterocycles. The monoisotopic (exact) mass is 420 g/mol. The summed E-state index contributed by atoms with van der Waals surface area (Å²) in [6, 6.07) is 21.8. The molecule has 4 aromatic rings. The minimum Gasteiger partial charge on any atom is -0.459 e. The molecular formula is C22H16N2O5S. The van der Waals surface area contributed by atoms with Crippen molar-refractivity contribution in [2.24, 2.45) is 5.10 Å². The summed E-state index contributed by atoms with van der Waals surface area (Å²) >= 11 is 0. The third kappa shape index (κ3) is 4.23. The van der Waals surface area contributed by atoms with Crippen molar-refractivity contribution in [3.05, 3.63) is 96.4 Å². The van der Waals surface area contributed by atoms with Gasteiger partial charge in [0.2, 0.25) is 0 Å². The maximum Gasteiger partial charge on any atom is 0.339 e. The van der Waals surface area contributed by atoms with E-state index in [-0.39, 0.29) is 16.4 Å². The van der Waals surface area contributed by atoms with Crippen molar-refractivity contribution >= 4 is 33.0 Å². The number of hydrogen-bond donors (Lipinski definition) is 1. The molecule has 1 amide bonds. The number of hydrogen-bond acceptors (Lipinski definition) is 6. The van der Waals surface area contributed by atoms with Crippen LogP contribution in [0.25, 0.3) is 10.8 Å². The molecular weight excluding hydrogens is 404 g/mol. The highest BCUT2D eigenvalue weighted by Crippen LogP contribution is 2.24. The fraction of sp³-hybridized carbons (Fsp3) is 0. The molecule has 0 atom stereocenters. The van der Waals surface area contributed by atoms with E-state index in [0.717, 1.165) is 10.8 Å². The normalized spacial score (nSPS) is 11.6. The van der Waals surface area contributed by atoms with Gasteiger partial charge >= 0.3 is 16.0 Å². The second kappa shape index (κ2) is 8.22. The van der Waals surface area contributed by atoms with Gasteiger partial charge in [0.25, 0.3) is 0 Å². The van der Waals surface area contributed by atoms with E-state index < -0.39 is 16.0 Å². The first kappa shape index (κ1) is 19.4. The summed E-state index contributed by atoms with van der Waals surface area (Å²) in [6.07, 6.45) is 2.67. The van der Waals surface area contributed by atoms with Crippen molar-refractivity contribution < 1.29 is 21.8 Å². The van der Waals surface area contributed by atoms with Crippen LogP contribution in [0.4, 0.5) is 0 Å². The first-order valence-electron chi connectivity index (χ1n) is 8.92. The first-order chi connectivity index (χ1) is 14.5.